The lowest BCUT2D eigenvalue weighted by Crippen LogP contribution is -2.38. The van der Waals surface area contributed by atoms with Crippen LogP contribution < -0.4 is 10.6 Å². The van der Waals surface area contributed by atoms with Gasteiger partial charge in [-0.15, -0.1) is 0 Å². The molecule has 1 atom stereocenters. The number of urea groups is 1. The van der Waals surface area contributed by atoms with Gasteiger partial charge in [-0.1, -0.05) is 13.3 Å². The van der Waals surface area contributed by atoms with Gasteiger partial charge in [-0.2, -0.15) is 11.3 Å². The van der Waals surface area contributed by atoms with Gasteiger partial charge < -0.3 is 15.7 Å². The highest BCUT2D eigenvalue weighted by Gasteiger charge is 2.12. The van der Waals surface area contributed by atoms with E-state index in [1.807, 2.05) is 24.6 Å². The van der Waals surface area contributed by atoms with Crippen LogP contribution >= 0.6 is 11.3 Å². The molecular weight excluding hydrogens is 264 g/mol. The third-order valence-corrected chi connectivity index (χ3v) is 3.90. The molecule has 0 fully saturated rings. The molecule has 0 aromatic carbocycles. The Kier molecular flexibility index (Phi) is 6.35. The molecule has 0 aliphatic heterocycles. The van der Waals surface area contributed by atoms with Crippen molar-refractivity contribution in [2.45, 2.75) is 33.2 Å². The first kappa shape index (κ1) is 15.5. The van der Waals surface area contributed by atoms with Crippen molar-refractivity contribution >= 4 is 23.3 Å². The van der Waals surface area contributed by atoms with Gasteiger partial charge in [0.1, 0.15) is 0 Å². The van der Waals surface area contributed by atoms with Crippen LogP contribution in [0, 0.1) is 12.8 Å². The van der Waals surface area contributed by atoms with E-state index in [1.54, 1.807) is 11.3 Å². The molecule has 0 bridgehead atoms. The molecule has 0 radical (unpaired) electrons. The Labute approximate surface area is 117 Å². The molecule has 1 aromatic rings. The smallest absolute Gasteiger partial charge is 0.315 e. The van der Waals surface area contributed by atoms with E-state index >= 15 is 0 Å². The van der Waals surface area contributed by atoms with Crippen LogP contribution in [-0.4, -0.2) is 23.7 Å². The third kappa shape index (κ3) is 5.74. The van der Waals surface area contributed by atoms with Crippen LogP contribution in [0.3, 0.4) is 0 Å². The average Bonchev–Trinajstić information content (AvgIpc) is 2.77. The summed E-state index contributed by atoms with van der Waals surface area (Å²) in [6, 6.07) is -0.255. The Hall–Kier alpha value is -1.56. The van der Waals surface area contributed by atoms with Crippen LogP contribution in [-0.2, 0) is 11.3 Å². The van der Waals surface area contributed by atoms with E-state index in [1.165, 1.54) is 5.56 Å². The van der Waals surface area contributed by atoms with Crippen LogP contribution in [0.2, 0.25) is 0 Å². The molecule has 1 heterocycles. The van der Waals surface area contributed by atoms with Gasteiger partial charge in [0.05, 0.1) is 0 Å². The number of amides is 2. The first-order valence-corrected chi connectivity index (χ1v) is 7.22. The number of aryl methyl sites for hydroxylation is 1. The van der Waals surface area contributed by atoms with Crippen molar-refractivity contribution in [3.05, 3.63) is 21.9 Å². The standard InChI is InChI=1S/C13H20N2O3S/c1-3-10(4-12(16)17)5-14-13(18)15-6-11-8-19-7-9(11)2/h7-8,10H,3-6H2,1-2H3,(H,16,17)(H2,14,15,18). The van der Waals surface area contributed by atoms with E-state index in [-0.39, 0.29) is 18.4 Å². The topological polar surface area (TPSA) is 78.4 Å². The SMILES string of the molecule is CCC(CNC(=O)NCc1cscc1C)CC(=O)O. The number of rotatable bonds is 7. The highest BCUT2D eigenvalue weighted by Crippen LogP contribution is 2.12. The number of hydrogen-bond donors (Lipinski definition) is 3. The summed E-state index contributed by atoms with van der Waals surface area (Å²) in [4.78, 5) is 22.2. The Bertz CT molecular complexity index is 431. The fraction of sp³-hybridized carbons (Fsp3) is 0.538. The summed E-state index contributed by atoms with van der Waals surface area (Å²) in [5, 5.41) is 18.2. The second kappa shape index (κ2) is 7.78. The van der Waals surface area contributed by atoms with E-state index in [0.29, 0.717) is 13.1 Å². The zero-order valence-corrected chi connectivity index (χ0v) is 12.0. The lowest BCUT2D eigenvalue weighted by atomic mass is 10.0. The Morgan fingerprint density at radius 1 is 1.37 bits per heavy atom. The third-order valence-electron chi connectivity index (χ3n) is 2.99. The van der Waals surface area contributed by atoms with Gasteiger partial charge in [-0.3, -0.25) is 4.79 Å². The molecule has 0 aliphatic carbocycles. The van der Waals surface area contributed by atoms with Crippen LogP contribution in [0.1, 0.15) is 30.9 Å². The normalized spacial score (nSPS) is 11.9. The van der Waals surface area contributed by atoms with Gasteiger partial charge in [-0.25, -0.2) is 4.79 Å². The van der Waals surface area contributed by atoms with Gasteiger partial charge in [0.15, 0.2) is 0 Å². The predicted molar refractivity (Wildman–Crippen MR) is 75.3 cm³/mol. The zero-order valence-electron chi connectivity index (χ0n) is 11.2. The molecule has 1 aromatic heterocycles. The predicted octanol–water partition coefficient (Wildman–Crippen LogP) is 2.36. The van der Waals surface area contributed by atoms with Gasteiger partial charge in [0, 0.05) is 19.5 Å². The number of carbonyl (C=O) groups is 2. The number of aliphatic carboxylic acids is 1. The minimum atomic E-state index is -0.831. The molecule has 3 N–H and O–H groups in total. The summed E-state index contributed by atoms with van der Waals surface area (Å²) in [7, 11) is 0. The molecule has 1 rings (SSSR count). The molecule has 2 amide bonds. The number of carboxylic acids is 1. The lowest BCUT2D eigenvalue weighted by Gasteiger charge is -2.14. The van der Waals surface area contributed by atoms with Crippen LogP contribution in [0.25, 0.3) is 0 Å². The van der Waals surface area contributed by atoms with E-state index in [0.717, 1.165) is 12.0 Å². The maximum atomic E-state index is 11.6. The van der Waals surface area contributed by atoms with E-state index in [2.05, 4.69) is 10.6 Å². The minimum Gasteiger partial charge on any atom is -0.481 e. The molecule has 0 spiro atoms. The molecule has 5 nitrogen and oxygen atoms in total. The van der Waals surface area contributed by atoms with Crippen molar-refractivity contribution in [2.75, 3.05) is 6.54 Å². The minimum absolute atomic E-state index is 0.0221. The largest absolute Gasteiger partial charge is 0.481 e. The van der Waals surface area contributed by atoms with E-state index < -0.39 is 5.97 Å². The summed E-state index contributed by atoms with van der Waals surface area (Å²) in [6.07, 6.45) is 0.816. The summed E-state index contributed by atoms with van der Waals surface area (Å²) >= 11 is 1.61. The number of carbonyl (C=O) groups excluding carboxylic acids is 1. The van der Waals surface area contributed by atoms with Crippen molar-refractivity contribution in [2.24, 2.45) is 5.92 Å². The zero-order chi connectivity index (χ0) is 14.3. The van der Waals surface area contributed by atoms with Gasteiger partial charge in [0.2, 0.25) is 0 Å². The Morgan fingerprint density at radius 2 is 2.11 bits per heavy atom. The highest BCUT2D eigenvalue weighted by molar-refractivity contribution is 7.08. The van der Waals surface area contributed by atoms with Crippen LogP contribution in [0.5, 0.6) is 0 Å². The summed E-state index contributed by atoms with van der Waals surface area (Å²) < 4.78 is 0. The quantitative estimate of drug-likeness (QED) is 0.719. The summed E-state index contributed by atoms with van der Waals surface area (Å²) in [5.74, 6) is -0.853. The number of nitrogens with one attached hydrogen (secondary N) is 2. The fourth-order valence-electron chi connectivity index (χ4n) is 1.65. The Balaban J connectivity index is 2.27. The highest BCUT2D eigenvalue weighted by atomic mass is 32.1. The van der Waals surface area contributed by atoms with E-state index in [9.17, 15) is 9.59 Å². The molecule has 0 aliphatic rings. The Morgan fingerprint density at radius 3 is 2.63 bits per heavy atom. The lowest BCUT2D eigenvalue weighted by molar-refractivity contribution is -0.138. The van der Waals surface area contributed by atoms with Gasteiger partial charge in [0.25, 0.3) is 0 Å². The maximum absolute atomic E-state index is 11.6. The summed E-state index contributed by atoms with van der Waals surface area (Å²) in [6.45, 7) is 4.81. The monoisotopic (exact) mass is 284 g/mol. The van der Waals surface area contributed by atoms with Crippen molar-refractivity contribution in [1.82, 2.24) is 10.6 Å². The average molecular weight is 284 g/mol. The first-order valence-electron chi connectivity index (χ1n) is 6.28. The molecule has 19 heavy (non-hydrogen) atoms. The molecule has 1 unspecified atom stereocenters. The van der Waals surface area contributed by atoms with Crippen molar-refractivity contribution in [3.63, 3.8) is 0 Å². The number of hydrogen-bond acceptors (Lipinski definition) is 3. The van der Waals surface area contributed by atoms with E-state index in [4.69, 9.17) is 5.11 Å². The van der Waals surface area contributed by atoms with Crippen molar-refractivity contribution in [1.29, 1.82) is 0 Å². The second-order valence-electron chi connectivity index (χ2n) is 4.52. The molecule has 106 valence electrons. The first-order chi connectivity index (χ1) is 9.02. The van der Waals surface area contributed by atoms with Crippen LogP contribution in [0.4, 0.5) is 4.79 Å². The molecule has 0 saturated carbocycles. The molecule has 0 saturated heterocycles. The summed E-state index contributed by atoms with van der Waals surface area (Å²) in [5.41, 5.74) is 2.28. The molecule has 6 heteroatoms. The number of carboxylic acid groups (broad SMARTS) is 1. The van der Waals surface area contributed by atoms with Crippen molar-refractivity contribution < 1.29 is 14.7 Å². The van der Waals surface area contributed by atoms with Gasteiger partial charge in [-0.05, 0) is 34.7 Å². The fourth-order valence-corrected chi connectivity index (χ4v) is 2.51. The van der Waals surface area contributed by atoms with Gasteiger partial charge >= 0.3 is 12.0 Å². The van der Waals surface area contributed by atoms with Crippen LogP contribution in [0.15, 0.2) is 10.8 Å². The maximum Gasteiger partial charge on any atom is 0.315 e. The number of thiophene rings is 1. The molecular formula is C13H20N2O3S. The van der Waals surface area contributed by atoms with Crippen molar-refractivity contribution in [3.8, 4) is 0 Å². The second-order valence-corrected chi connectivity index (χ2v) is 5.26.